The zero-order chi connectivity index (χ0) is 15.2. The van der Waals surface area contributed by atoms with E-state index in [0.717, 1.165) is 17.1 Å². The minimum absolute atomic E-state index is 0. The number of hydrogen-bond donors (Lipinski definition) is 1. The van der Waals surface area contributed by atoms with Gasteiger partial charge in [-0.15, -0.1) is 12.4 Å². The molecular weight excluding hydrogens is 322 g/mol. The molecule has 0 amide bonds. The Hall–Kier alpha value is -1.81. The van der Waals surface area contributed by atoms with Crippen LogP contribution in [0.1, 0.15) is 17.5 Å². The minimum Gasteiger partial charge on any atom is -0.494 e. The molecule has 22 heavy (non-hydrogen) atoms. The predicted molar refractivity (Wildman–Crippen MR) is 88.9 cm³/mol. The van der Waals surface area contributed by atoms with Gasteiger partial charge in [0, 0.05) is 12.2 Å². The average molecular weight is 340 g/mol. The first-order valence-electron chi connectivity index (χ1n) is 6.68. The van der Waals surface area contributed by atoms with Gasteiger partial charge >= 0.3 is 0 Å². The molecule has 0 spiro atoms. The molecule has 0 aliphatic carbocycles. The third-order valence-corrected chi connectivity index (χ3v) is 4.04. The van der Waals surface area contributed by atoms with Crippen LogP contribution < -0.4 is 9.54 Å². The summed E-state index contributed by atoms with van der Waals surface area (Å²) in [6, 6.07) is 9.63. The number of halogens is 1. The summed E-state index contributed by atoms with van der Waals surface area (Å²) >= 11 is 1.33. The van der Waals surface area contributed by atoms with Crippen molar-refractivity contribution in [2.45, 2.75) is 20.4 Å². The molecule has 1 heterocycles. The number of nitriles is 1. The fraction of sp³-hybridized carbons (Fsp3) is 0.333. The van der Waals surface area contributed by atoms with Crippen molar-refractivity contribution >= 4 is 29.4 Å². The highest BCUT2D eigenvalue weighted by Crippen LogP contribution is 2.18. The first-order chi connectivity index (χ1) is 10.2. The van der Waals surface area contributed by atoms with Crippen molar-refractivity contribution in [2.24, 2.45) is 4.99 Å². The Kier molecular flexibility index (Phi) is 7.12. The van der Waals surface area contributed by atoms with Crippen LogP contribution in [0, 0.1) is 18.3 Å². The maximum absolute atomic E-state index is 9.15. The number of aliphatic hydroxyl groups excluding tert-OH is 1. The van der Waals surface area contributed by atoms with E-state index in [1.54, 1.807) is 0 Å². The Morgan fingerprint density at radius 2 is 2.05 bits per heavy atom. The smallest absolute Gasteiger partial charge is 0.191 e. The largest absolute Gasteiger partial charge is 0.494 e. The molecule has 0 saturated heterocycles. The molecule has 0 radical (unpaired) electrons. The van der Waals surface area contributed by atoms with E-state index in [4.69, 9.17) is 15.1 Å². The zero-order valence-corrected chi connectivity index (χ0v) is 14.1. The van der Waals surface area contributed by atoms with Crippen LogP contribution in [0.3, 0.4) is 0 Å². The zero-order valence-electron chi connectivity index (χ0n) is 12.4. The Morgan fingerprint density at radius 1 is 1.36 bits per heavy atom. The lowest BCUT2D eigenvalue weighted by atomic mass is 10.3. The highest BCUT2D eigenvalue weighted by atomic mass is 35.5. The van der Waals surface area contributed by atoms with Crippen LogP contribution in [0.5, 0.6) is 5.75 Å². The minimum atomic E-state index is 0. The lowest BCUT2D eigenvalue weighted by Gasteiger charge is -2.04. The van der Waals surface area contributed by atoms with E-state index in [1.165, 1.54) is 11.3 Å². The van der Waals surface area contributed by atoms with Crippen molar-refractivity contribution in [1.82, 2.24) is 4.57 Å². The Labute approximate surface area is 139 Å². The van der Waals surface area contributed by atoms with Crippen LogP contribution in [0.2, 0.25) is 0 Å². The van der Waals surface area contributed by atoms with E-state index >= 15 is 0 Å². The number of nitrogens with zero attached hydrogens (tertiary/aromatic N) is 3. The number of rotatable bonds is 5. The van der Waals surface area contributed by atoms with Crippen molar-refractivity contribution in [1.29, 1.82) is 5.26 Å². The summed E-state index contributed by atoms with van der Waals surface area (Å²) in [6.45, 7) is 4.87. The van der Waals surface area contributed by atoms with Gasteiger partial charge < -0.3 is 14.4 Å². The van der Waals surface area contributed by atoms with Crippen molar-refractivity contribution in [3.05, 3.63) is 39.6 Å². The second-order valence-corrected chi connectivity index (χ2v) is 5.30. The molecule has 0 aliphatic heterocycles. The van der Waals surface area contributed by atoms with Crippen LogP contribution in [-0.4, -0.2) is 22.9 Å². The normalized spacial score (nSPS) is 10.9. The van der Waals surface area contributed by atoms with Crippen molar-refractivity contribution < 1.29 is 9.84 Å². The van der Waals surface area contributed by atoms with Gasteiger partial charge in [-0.05, 0) is 38.1 Å². The third kappa shape index (κ3) is 4.10. The Bertz CT molecular complexity index is 714. The highest BCUT2D eigenvalue weighted by molar-refractivity contribution is 7.09. The summed E-state index contributed by atoms with van der Waals surface area (Å²) in [6.07, 6.45) is 0. The lowest BCUT2D eigenvalue weighted by Crippen LogP contribution is -2.18. The van der Waals surface area contributed by atoms with Gasteiger partial charge in [0.05, 0.1) is 18.9 Å². The quantitative estimate of drug-likeness (QED) is 0.910. The number of aromatic nitrogens is 1. The Morgan fingerprint density at radius 3 is 2.59 bits per heavy atom. The van der Waals surface area contributed by atoms with Gasteiger partial charge in [0.2, 0.25) is 0 Å². The molecule has 1 N–H and O–H groups in total. The second-order valence-electron chi connectivity index (χ2n) is 4.32. The topological polar surface area (TPSA) is 70.5 Å². The van der Waals surface area contributed by atoms with Gasteiger partial charge in [-0.2, -0.15) is 5.26 Å². The molecule has 0 fully saturated rings. The molecule has 0 bridgehead atoms. The van der Waals surface area contributed by atoms with Gasteiger partial charge in [-0.25, -0.2) is 4.99 Å². The maximum Gasteiger partial charge on any atom is 0.191 e. The molecule has 0 saturated carbocycles. The van der Waals surface area contributed by atoms with E-state index in [9.17, 15) is 0 Å². The van der Waals surface area contributed by atoms with E-state index < -0.39 is 0 Å². The lowest BCUT2D eigenvalue weighted by molar-refractivity contribution is 0.273. The second kappa shape index (κ2) is 8.59. The maximum atomic E-state index is 9.15. The fourth-order valence-corrected chi connectivity index (χ4v) is 2.91. The third-order valence-electron chi connectivity index (χ3n) is 2.96. The summed E-state index contributed by atoms with van der Waals surface area (Å²) < 4.78 is 7.25. The molecular formula is C15H18ClN3O2S. The van der Waals surface area contributed by atoms with Crippen molar-refractivity contribution in [3.8, 4) is 11.8 Å². The van der Waals surface area contributed by atoms with Gasteiger partial charge in [0.1, 0.15) is 16.7 Å². The summed E-state index contributed by atoms with van der Waals surface area (Å²) in [5.74, 6) is 0.805. The Balaban J connectivity index is 0.00000242. The predicted octanol–water partition coefficient (Wildman–Crippen LogP) is 2.77. The first-order valence-corrected chi connectivity index (χ1v) is 7.50. The molecule has 2 rings (SSSR count). The number of hydrogen-bond acceptors (Lipinski definition) is 5. The molecule has 0 atom stereocenters. The number of aliphatic hydroxyl groups is 1. The summed E-state index contributed by atoms with van der Waals surface area (Å²) in [4.78, 5) is 5.88. The molecule has 2 aromatic rings. The van der Waals surface area contributed by atoms with Crippen molar-refractivity contribution in [2.75, 3.05) is 13.2 Å². The number of thiazole rings is 1. The molecule has 5 nitrogen and oxygen atoms in total. The summed E-state index contributed by atoms with van der Waals surface area (Å²) in [5, 5.41) is 18.3. The van der Waals surface area contributed by atoms with E-state index in [-0.39, 0.29) is 19.0 Å². The molecule has 1 aromatic carbocycles. The van der Waals surface area contributed by atoms with Gasteiger partial charge in [0.15, 0.2) is 4.80 Å². The fourth-order valence-electron chi connectivity index (χ4n) is 1.93. The number of ether oxygens (including phenoxy) is 1. The molecule has 0 aliphatic rings. The molecule has 1 aromatic heterocycles. The van der Waals surface area contributed by atoms with Crippen LogP contribution in [0.4, 0.5) is 5.69 Å². The van der Waals surface area contributed by atoms with Crippen LogP contribution in [0.15, 0.2) is 29.3 Å². The molecule has 7 heteroatoms. The van der Waals surface area contributed by atoms with Crippen molar-refractivity contribution in [3.63, 3.8) is 0 Å². The van der Waals surface area contributed by atoms with Gasteiger partial charge in [-0.3, -0.25) is 0 Å². The van der Waals surface area contributed by atoms with Crippen LogP contribution in [0.25, 0.3) is 0 Å². The first kappa shape index (κ1) is 18.2. The average Bonchev–Trinajstić information content (AvgIpc) is 2.78. The SMILES string of the molecule is CCOc1ccc(N=c2sc(C#N)c(C)n2CCO)cc1.Cl. The monoisotopic (exact) mass is 339 g/mol. The molecule has 118 valence electrons. The van der Waals surface area contributed by atoms with Crippen LogP contribution in [-0.2, 0) is 6.54 Å². The van der Waals surface area contributed by atoms with E-state index in [2.05, 4.69) is 11.1 Å². The highest BCUT2D eigenvalue weighted by Gasteiger charge is 2.08. The summed E-state index contributed by atoms with van der Waals surface area (Å²) in [5.41, 5.74) is 1.62. The van der Waals surface area contributed by atoms with E-state index in [1.807, 2.05) is 42.7 Å². The van der Waals surface area contributed by atoms with Gasteiger partial charge in [0.25, 0.3) is 0 Å². The molecule has 0 unspecified atom stereocenters. The van der Waals surface area contributed by atoms with E-state index in [0.29, 0.717) is 22.8 Å². The van der Waals surface area contributed by atoms with Gasteiger partial charge in [-0.1, -0.05) is 11.3 Å². The van der Waals surface area contributed by atoms with Crippen LogP contribution >= 0.6 is 23.7 Å². The summed E-state index contributed by atoms with van der Waals surface area (Å²) in [7, 11) is 0. The standard InChI is InChI=1S/C15H17N3O2S.ClH/c1-3-20-13-6-4-12(5-7-13)17-15-18(8-9-19)11(2)14(10-16)21-15;/h4-7,19H,3,8-9H2,1-2H3;1H. The number of benzene rings is 1.